The van der Waals surface area contributed by atoms with Gasteiger partial charge >= 0.3 is 0 Å². The highest BCUT2D eigenvalue weighted by Gasteiger charge is 2.17. The van der Waals surface area contributed by atoms with Gasteiger partial charge in [0.15, 0.2) is 5.78 Å². The summed E-state index contributed by atoms with van der Waals surface area (Å²) in [5, 5.41) is 0. The van der Waals surface area contributed by atoms with Crippen molar-refractivity contribution in [3.05, 3.63) is 47.0 Å². The zero-order valence-electron chi connectivity index (χ0n) is 9.12. The van der Waals surface area contributed by atoms with Gasteiger partial charge in [0.2, 0.25) is 0 Å². The van der Waals surface area contributed by atoms with Crippen LogP contribution >= 0.6 is 0 Å². The number of carbonyl (C=O) groups is 1. The topological polar surface area (TPSA) is 17.1 Å². The molecule has 1 aromatic rings. The zero-order valence-corrected chi connectivity index (χ0v) is 9.12. The average Bonchev–Trinajstić information content (AvgIpc) is 2.25. The Morgan fingerprint density at radius 2 is 1.87 bits per heavy atom. The quantitative estimate of drug-likeness (QED) is 0.716. The largest absolute Gasteiger partial charge is 0.295 e. The normalized spacial score (nSPS) is 17.0. The summed E-state index contributed by atoms with van der Waals surface area (Å²) in [6.07, 6.45) is 3.67. The summed E-state index contributed by atoms with van der Waals surface area (Å²) >= 11 is 0. The molecule has 0 aromatic heterocycles. The molecule has 0 heterocycles. The molecule has 0 N–H and O–H groups in total. The van der Waals surface area contributed by atoms with E-state index in [9.17, 15) is 4.79 Å². The van der Waals surface area contributed by atoms with Crippen molar-refractivity contribution in [1.82, 2.24) is 0 Å². The van der Waals surface area contributed by atoms with Gasteiger partial charge in [0.25, 0.3) is 0 Å². The van der Waals surface area contributed by atoms with Crippen molar-refractivity contribution >= 4 is 5.78 Å². The van der Waals surface area contributed by atoms with E-state index in [1.807, 2.05) is 18.2 Å². The molecular formula is C14H16O. The predicted molar refractivity (Wildman–Crippen MR) is 61.7 cm³/mol. The number of benzene rings is 1. The molecule has 0 amide bonds. The molecule has 0 spiro atoms. The number of carbonyl (C=O) groups excluding carboxylic acids is 1. The second kappa shape index (κ2) is 4.43. The summed E-state index contributed by atoms with van der Waals surface area (Å²) in [6, 6.07) is 10.2. The second-order valence-corrected chi connectivity index (χ2v) is 4.20. The molecule has 1 nitrogen and oxygen atoms in total. The third kappa shape index (κ3) is 2.35. The Balaban J connectivity index is 2.21. The van der Waals surface area contributed by atoms with E-state index in [0.717, 1.165) is 31.3 Å². The molecule has 0 unspecified atom stereocenters. The lowest BCUT2D eigenvalue weighted by atomic mass is 9.88. The van der Waals surface area contributed by atoms with Gasteiger partial charge < -0.3 is 0 Å². The van der Waals surface area contributed by atoms with Crippen LogP contribution in [-0.2, 0) is 11.2 Å². The Kier molecular flexibility index (Phi) is 3.00. The van der Waals surface area contributed by atoms with Crippen LogP contribution in [0.1, 0.15) is 31.7 Å². The van der Waals surface area contributed by atoms with Gasteiger partial charge in [-0.15, -0.1) is 0 Å². The van der Waals surface area contributed by atoms with Gasteiger partial charge in [0.05, 0.1) is 0 Å². The van der Waals surface area contributed by atoms with E-state index in [4.69, 9.17) is 0 Å². The summed E-state index contributed by atoms with van der Waals surface area (Å²) in [5.74, 6) is 0.350. The highest BCUT2D eigenvalue weighted by molar-refractivity contribution is 5.97. The van der Waals surface area contributed by atoms with Gasteiger partial charge in [-0.05, 0) is 30.9 Å². The Morgan fingerprint density at radius 3 is 2.53 bits per heavy atom. The molecule has 0 aliphatic heterocycles. The van der Waals surface area contributed by atoms with E-state index in [1.54, 1.807) is 0 Å². The highest BCUT2D eigenvalue weighted by Crippen LogP contribution is 2.24. The van der Waals surface area contributed by atoms with Crippen LogP contribution in [-0.4, -0.2) is 5.78 Å². The van der Waals surface area contributed by atoms with Crippen molar-refractivity contribution in [3.63, 3.8) is 0 Å². The average molecular weight is 200 g/mol. The van der Waals surface area contributed by atoms with Crippen LogP contribution in [0.25, 0.3) is 0 Å². The van der Waals surface area contributed by atoms with Crippen molar-refractivity contribution in [2.75, 3.05) is 0 Å². The van der Waals surface area contributed by atoms with Crippen molar-refractivity contribution in [1.29, 1.82) is 0 Å². The molecule has 0 fully saturated rings. The summed E-state index contributed by atoms with van der Waals surface area (Å²) < 4.78 is 0. The lowest BCUT2D eigenvalue weighted by Crippen LogP contribution is -2.12. The van der Waals surface area contributed by atoms with Crippen molar-refractivity contribution in [2.24, 2.45) is 0 Å². The van der Waals surface area contributed by atoms with Crippen LogP contribution < -0.4 is 0 Å². The van der Waals surface area contributed by atoms with E-state index >= 15 is 0 Å². The highest BCUT2D eigenvalue weighted by atomic mass is 16.1. The minimum Gasteiger partial charge on any atom is -0.295 e. The van der Waals surface area contributed by atoms with Crippen LogP contribution in [0.3, 0.4) is 0 Å². The van der Waals surface area contributed by atoms with Crippen LogP contribution in [0, 0.1) is 0 Å². The van der Waals surface area contributed by atoms with Gasteiger partial charge in [0, 0.05) is 12.8 Å². The lowest BCUT2D eigenvalue weighted by molar-refractivity contribution is -0.116. The fourth-order valence-electron chi connectivity index (χ4n) is 2.10. The summed E-state index contributed by atoms with van der Waals surface area (Å²) in [5.41, 5.74) is 3.57. The SMILES string of the molecule is CC1=C(Cc2ccccc2)C(=O)CCC1. The Morgan fingerprint density at radius 1 is 1.13 bits per heavy atom. The first-order valence-corrected chi connectivity index (χ1v) is 5.53. The monoisotopic (exact) mass is 200 g/mol. The first kappa shape index (κ1) is 10.2. The summed E-state index contributed by atoms with van der Waals surface area (Å²) in [7, 11) is 0. The Hall–Kier alpha value is -1.37. The van der Waals surface area contributed by atoms with E-state index in [1.165, 1.54) is 11.1 Å². The minimum atomic E-state index is 0.350. The molecule has 2 rings (SSSR count). The van der Waals surface area contributed by atoms with Crippen molar-refractivity contribution in [3.8, 4) is 0 Å². The molecule has 0 saturated carbocycles. The van der Waals surface area contributed by atoms with Gasteiger partial charge in [0.1, 0.15) is 0 Å². The maximum atomic E-state index is 11.8. The maximum Gasteiger partial charge on any atom is 0.159 e. The molecule has 78 valence electrons. The second-order valence-electron chi connectivity index (χ2n) is 4.20. The third-order valence-electron chi connectivity index (χ3n) is 3.03. The minimum absolute atomic E-state index is 0.350. The molecule has 0 saturated heterocycles. The van der Waals surface area contributed by atoms with E-state index in [0.29, 0.717) is 5.78 Å². The smallest absolute Gasteiger partial charge is 0.159 e. The molecule has 0 atom stereocenters. The first-order chi connectivity index (χ1) is 7.27. The van der Waals surface area contributed by atoms with Gasteiger partial charge in [-0.3, -0.25) is 4.79 Å². The first-order valence-electron chi connectivity index (χ1n) is 5.53. The number of Topliss-reactive ketones (excluding diaryl/α,β-unsaturated/α-hetero) is 1. The Labute approximate surface area is 90.8 Å². The predicted octanol–water partition coefficient (Wildman–Crippen LogP) is 3.30. The molecule has 1 aliphatic rings. The molecular weight excluding hydrogens is 184 g/mol. The van der Waals surface area contributed by atoms with Gasteiger partial charge in [-0.2, -0.15) is 0 Å². The van der Waals surface area contributed by atoms with Gasteiger partial charge in [-0.25, -0.2) is 0 Å². The number of allylic oxidation sites excluding steroid dienone is 2. The number of rotatable bonds is 2. The van der Waals surface area contributed by atoms with E-state index in [-0.39, 0.29) is 0 Å². The number of hydrogen-bond donors (Lipinski definition) is 0. The van der Waals surface area contributed by atoms with Crippen LogP contribution in [0.2, 0.25) is 0 Å². The van der Waals surface area contributed by atoms with E-state index in [2.05, 4.69) is 19.1 Å². The number of ketones is 1. The molecule has 0 bridgehead atoms. The summed E-state index contributed by atoms with van der Waals surface area (Å²) in [6.45, 7) is 2.09. The van der Waals surface area contributed by atoms with Crippen LogP contribution in [0.4, 0.5) is 0 Å². The van der Waals surface area contributed by atoms with Crippen LogP contribution in [0.5, 0.6) is 0 Å². The molecule has 1 aromatic carbocycles. The molecule has 1 heteroatoms. The lowest BCUT2D eigenvalue weighted by Gasteiger charge is -2.16. The fourth-order valence-corrected chi connectivity index (χ4v) is 2.10. The van der Waals surface area contributed by atoms with Gasteiger partial charge in [-0.1, -0.05) is 35.9 Å². The molecule has 0 radical (unpaired) electrons. The Bertz CT molecular complexity index is 387. The molecule has 15 heavy (non-hydrogen) atoms. The van der Waals surface area contributed by atoms with E-state index < -0.39 is 0 Å². The summed E-state index contributed by atoms with van der Waals surface area (Å²) in [4.78, 5) is 11.8. The van der Waals surface area contributed by atoms with Crippen molar-refractivity contribution < 1.29 is 4.79 Å². The van der Waals surface area contributed by atoms with Crippen molar-refractivity contribution in [2.45, 2.75) is 32.6 Å². The number of hydrogen-bond acceptors (Lipinski definition) is 1. The standard InChI is InChI=1S/C14H16O/c1-11-6-5-9-14(15)13(11)10-12-7-3-2-4-8-12/h2-4,7-8H,5-6,9-10H2,1H3. The zero-order chi connectivity index (χ0) is 10.7. The molecule has 1 aliphatic carbocycles. The third-order valence-corrected chi connectivity index (χ3v) is 3.03. The fraction of sp³-hybridized carbons (Fsp3) is 0.357. The van der Waals surface area contributed by atoms with Crippen LogP contribution in [0.15, 0.2) is 41.5 Å². The maximum absolute atomic E-state index is 11.8.